The molecule has 0 nitrogen and oxygen atoms in total. The van der Waals surface area contributed by atoms with Gasteiger partial charge < -0.3 is 0 Å². The topological polar surface area (TPSA) is 0 Å². The van der Waals surface area contributed by atoms with Gasteiger partial charge in [-0.2, -0.15) is 0 Å². The Morgan fingerprint density at radius 1 is 1.50 bits per heavy atom. The minimum absolute atomic E-state index is 0.802. The minimum atomic E-state index is -1.02. The molecule has 0 radical (unpaired) electrons. The number of halogens is 4. The molecule has 0 aliphatic heterocycles. The van der Waals surface area contributed by atoms with Crippen molar-refractivity contribution in [2.45, 2.75) is 2.57 Å². The third-order valence-corrected chi connectivity index (χ3v) is 2.94. The summed E-state index contributed by atoms with van der Waals surface area (Å²) in [6, 6.07) is 0. The highest BCUT2D eigenvalue weighted by molar-refractivity contribution is 9.13. The van der Waals surface area contributed by atoms with E-state index in [-0.39, 0.29) is 0 Å². The van der Waals surface area contributed by atoms with Crippen molar-refractivity contribution in [2.75, 3.05) is 0 Å². The predicted molar refractivity (Wildman–Crippen MR) is 36.8 cm³/mol. The van der Waals surface area contributed by atoms with Gasteiger partial charge in [-0.15, -0.1) is 0 Å². The summed E-state index contributed by atoms with van der Waals surface area (Å²) in [5.74, 6) is 0. The summed E-state index contributed by atoms with van der Waals surface area (Å²) in [6.07, 6.45) is 0. The summed E-state index contributed by atoms with van der Waals surface area (Å²) in [7, 11) is 5.89. The third kappa shape index (κ3) is 5.70. The first-order chi connectivity index (χ1) is 2.56. The van der Waals surface area contributed by atoms with Gasteiger partial charge in [-0.25, -0.2) is 0 Å². The molecule has 0 aromatic heterocycles. The first-order valence-corrected chi connectivity index (χ1v) is 4.12. The average molecular weight is 230 g/mol. The summed E-state index contributed by atoms with van der Waals surface area (Å²) in [5, 5.41) is 0. The van der Waals surface area contributed by atoms with Crippen LogP contribution in [0.3, 0.4) is 0 Å². The monoisotopic (exact) mass is 228 g/mol. The minimum Gasteiger partial charge on any atom is -0.0755 e. The average Bonchev–Trinajstić information content (AvgIpc) is 1.35. The molecule has 0 unspecified atom stereocenters. The van der Waals surface area contributed by atoms with Crippen molar-refractivity contribution in [3.63, 3.8) is 0 Å². The van der Waals surface area contributed by atoms with Gasteiger partial charge in [0.05, 0.1) is 0 Å². The fraction of sp³-hybridized carbons (Fsp3) is 1.00. The van der Waals surface area contributed by atoms with E-state index >= 15 is 0 Å². The van der Waals surface area contributed by atoms with E-state index in [0.717, 1.165) is 11.0 Å². The second-order valence-corrected chi connectivity index (χ2v) is 6.16. The van der Waals surface area contributed by atoms with E-state index in [1.807, 2.05) is 0 Å². The molecule has 0 aromatic rings. The molecule has 0 rings (SSSR count). The Morgan fingerprint density at radius 3 is 1.67 bits per heavy atom. The zero-order valence-corrected chi connectivity index (χ0v) is 7.09. The molecule has 0 N–H and O–H groups in total. The van der Waals surface area contributed by atoms with Gasteiger partial charge in [0.15, 0.2) is 0 Å². The van der Waals surface area contributed by atoms with Crippen molar-refractivity contribution in [1.29, 1.82) is 0 Å². The fourth-order valence-corrected chi connectivity index (χ4v) is 0. The Hall–Kier alpha value is 1.70. The third-order valence-electron chi connectivity index (χ3n) is 0.0875. The first kappa shape index (κ1) is 7.70. The first-order valence-electron chi connectivity index (χ1n) is 0.925. The molecule has 0 bridgehead atoms. The quantitative estimate of drug-likeness (QED) is 0.622. The fourth-order valence-electron chi connectivity index (χ4n) is 0. The number of hydrogen-bond acceptors (Lipinski definition) is 1. The van der Waals surface area contributed by atoms with Crippen LogP contribution in [0.1, 0.15) is 0 Å². The Labute approximate surface area is 63.1 Å². The van der Waals surface area contributed by atoms with Crippen molar-refractivity contribution < 1.29 is 0 Å². The van der Waals surface area contributed by atoms with E-state index in [0.29, 0.717) is 0 Å². The van der Waals surface area contributed by atoms with Crippen molar-refractivity contribution in [3.8, 4) is 0 Å². The molecule has 0 spiro atoms. The largest absolute Gasteiger partial charge is 0.232 e. The van der Waals surface area contributed by atoms with Crippen LogP contribution in [0.5, 0.6) is 0 Å². The van der Waals surface area contributed by atoms with Gasteiger partial charge in [0.2, 0.25) is 2.57 Å². The van der Waals surface area contributed by atoms with E-state index in [4.69, 9.17) is 33.9 Å². The van der Waals surface area contributed by atoms with Crippen LogP contribution in [-0.2, 0) is 0 Å². The standard InChI is InChI=1S/CBrCl3S/c2-1(3,4)6-5. The van der Waals surface area contributed by atoms with Crippen LogP contribution >= 0.6 is 60.8 Å². The summed E-state index contributed by atoms with van der Waals surface area (Å²) in [5.41, 5.74) is 0. The van der Waals surface area contributed by atoms with Crippen LogP contribution in [-0.4, -0.2) is 2.57 Å². The zero-order chi connectivity index (χ0) is 5.21. The van der Waals surface area contributed by atoms with Gasteiger partial charge in [0.1, 0.15) is 0 Å². The molecule has 0 aliphatic carbocycles. The van der Waals surface area contributed by atoms with Crippen LogP contribution < -0.4 is 0 Å². The Morgan fingerprint density at radius 2 is 1.67 bits per heavy atom. The van der Waals surface area contributed by atoms with Gasteiger partial charge in [0, 0.05) is 0 Å². The molecule has 0 heterocycles. The van der Waals surface area contributed by atoms with Crippen molar-refractivity contribution in [1.82, 2.24) is 0 Å². The van der Waals surface area contributed by atoms with Crippen LogP contribution in [0.2, 0.25) is 0 Å². The highest BCUT2D eigenvalue weighted by atomic mass is 79.9. The molecule has 38 valence electrons. The van der Waals surface area contributed by atoms with Gasteiger partial charge in [-0.05, 0) is 37.6 Å². The van der Waals surface area contributed by atoms with E-state index in [1.165, 1.54) is 0 Å². The Bertz CT molecular complexity index is 40.5. The van der Waals surface area contributed by atoms with Crippen LogP contribution in [0.15, 0.2) is 0 Å². The summed E-state index contributed by atoms with van der Waals surface area (Å²) in [6.45, 7) is 0. The molecule has 0 fully saturated rings. The SMILES string of the molecule is ClSC(Cl)(Cl)Br. The Balaban J connectivity index is 3.17. The normalized spacial score (nSPS) is 12.0. The lowest BCUT2D eigenvalue weighted by Gasteiger charge is -1.99. The predicted octanol–water partition coefficient (Wildman–Crippen LogP) is 3.36. The molecule has 5 heteroatoms. The highest BCUT2D eigenvalue weighted by Crippen LogP contribution is 2.42. The van der Waals surface area contributed by atoms with E-state index < -0.39 is 2.57 Å². The molecule has 0 saturated heterocycles. The molecule has 0 aromatic carbocycles. The maximum Gasteiger partial charge on any atom is 0.232 e. The number of hydrogen-bond donors (Lipinski definition) is 0. The second-order valence-electron chi connectivity index (χ2n) is 0.523. The lowest BCUT2D eigenvalue weighted by atomic mass is 11.9. The van der Waals surface area contributed by atoms with E-state index in [9.17, 15) is 0 Å². The molecular formula is CBrCl3S. The zero-order valence-electron chi connectivity index (χ0n) is 2.42. The molecular weight excluding hydrogens is 230 g/mol. The molecule has 0 amide bonds. The van der Waals surface area contributed by atoms with Crippen LogP contribution in [0.25, 0.3) is 0 Å². The maximum absolute atomic E-state index is 5.23. The smallest absolute Gasteiger partial charge is 0.0755 e. The lowest BCUT2D eigenvalue weighted by molar-refractivity contribution is 1.90. The number of alkyl halides is 3. The molecule has 6 heavy (non-hydrogen) atoms. The van der Waals surface area contributed by atoms with Crippen molar-refractivity contribution >= 4 is 60.8 Å². The summed E-state index contributed by atoms with van der Waals surface area (Å²) >= 11 is 13.3. The molecule has 0 atom stereocenters. The summed E-state index contributed by atoms with van der Waals surface area (Å²) in [4.78, 5) is 0. The maximum atomic E-state index is 5.23. The lowest BCUT2D eigenvalue weighted by Crippen LogP contribution is -1.84. The van der Waals surface area contributed by atoms with Crippen molar-refractivity contribution in [3.05, 3.63) is 0 Å². The van der Waals surface area contributed by atoms with Gasteiger partial charge in [0.25, 0.3) is 0 Å². The van der Waals surface area contributed by atoms with Gasteiger partial charge >= 0.3 is 0 Å². The molecule has 0 saturated carbocycles. The van der Waals surface area contributed by atoms with E-state index in [2.05, 4.69) is 15.9 Å². The second kappa shape index (κ2) is 2.88. The number of rotatable bonds is 1. The van der Waals surface area contributed by atoms with Crippen LogP contribution in [0.4, 0.5) is 0 Å². The highest BCUT2D eigenvalue weighted by Gasteiger charge is 2.17. The van der Waals surface area contributed by atoms with Crippen LogP contribution in [0, 0.1) is 0 Å². The van der Waals surface area contributed by atoms with Crippen molar-refractivity contribution in [2.24, 2.45) is 0 Å². The molecule has 0 aliphatic rings. The van der Waals surface area contributed by atoms with Gasteiger partial charge in [-0.3, -0.25) is 0 Å². The van der Waals surface area contributed by atoms with E-state index in [1.54, 1.807) is 0 Å². The summed E-state index contributed by atoms with van der Waals surface area (Å²) < 4.78 is -1.02. The Kier molecular flexibility index (Phi) is 3.69. The van der Waals surface area contributed by atoms with Gasteiger partial charge in [-0.1, -0.05) is 23.2 Å².